The maximum atomic E-state index is 13.2. The molecule has 0 amide bonds. The standard InChI is InChI=1S/C20H18F3N5O/c1-11-12(2)18-25-26-19(20(21,22)23)28(18)27-17(11)24-10-13-4-5-15-9-16(29-3)7-6-14(15)8-13/h4-9H,10H2,1-3H3,(H,24,27). The van der Waals surface area contributed by atoms with E-state index in [4.69, 9.17) is 4.74 Å². The molecule has 0 aliphatic heterocycles. The highest BCUT2D eigenvalue weighted by Gasteiger charge is 2.38. The molecule has 0 fully saturated rings. The van der Waals surface area contributed by atoms with E-state index in [-0.39, 0.29) is 5.65 Å². The summed E-state index contributed by atoms with van der Waals surface area (Å²) in [6.07, 6.45) is -4.63. The lowest BCUT2D eigenvalue weighted by atomic mass is 10.1. The van der Waals surface area contributed by atoms with E-state index in [2.05, 4.69) is 20.6 Å². The van der Waals surface area contributed by atoms with Crippen molar-refractivity contribution in [3.8, 4) is 5.75 Å². The van der Waals surface area contributed by atoms with Gasteiger partial charge >= 0.3 is 6.18 Å². The molecule has 0 bridgehead atoms. The Labute approximate surface area is 164 Å². The normalized spacial score (nSPS) is 11.9. The molecule has 6 nitrogen and oxygen atoms in total. The number of alkyl halides is 3. The van der Waals surface area contributed by atoms with Crippen LogP contribution in [0.25, 0.3) is 16.4 Å². The van der Waals surface area contributed by atoms with Crippen LogP contribution >= 0.6 is 0 Å². The number of aromatic nitrogens is 4. The van der Waals surface area contributed by atoms with E-state index in [0.29, 0.717) is 17.9 Å². The second-order valence-corrected chi connectivity index (χ2v) is 6.76. The second kappa shape index (κ2) is 6.91. The Hall–Kier alpha value is -3.36. The molecule has 2 aromatic heterocycles. The highest BCUT2D eigenvalue weighted by atomic mass is 19.4. The van der Waals surface area contributed by atoms with E-state index < -0.39 is 12.0 Å². The molecule has 0 aliphatic carbocycles. The molecule has 0 unspecified atom stereocenters. The lowest BCUT2D eigenvalue weighted by Crippen LogP contribution is -2.15. The summed E-state index contributed by atoms with van der Waals surface area (Å²) in [5.41, 5.74) is 2.39. The molecule has 0 spiro atoms. The van der Waals surface area contributed by atoms with E-state index >= 15 is 0 Å². The Morgan fingerprint density at radius 2 is 1.72 bits per heavy atom. The van der Waals surface area contributed by atoms with Crippen molar-refractivity contribution in [3.05, 3.63) is 58.9 Å². The van der Waals surface area contributed by atoms with Crippen LogP contribution in [-0.4, -0.2) is 26.9 Å². The van der Waals surface area contributed by atoms with Crippen molar-refractivity contribution in [3.63, 3.8) is 0 Å². The number of nitrogens with zero attached hydrogens (tertiary/aromatic N) is 4. The quantitative estimate of drug-likeness (QED) is 0.544. The van der Waals surface area contributed by atoms with Crippen LogP contribution in [0, 0.1) is 13.8 Å². The molecule has 0 atom stereocenters. The van der Waals surface area contributed by atoms with E-state index in [1.54, 1.807) is 21.0 Å². The van der Waals surface area contributed by atoms with Gasteiger partial charge in [0.1, 0.15) is 5.75 Å². The van der Waals surface area contributed by atoms with Gasteiger partial charge in [-0.2, -0.15) is 17.7 Å². The maximum Gasteiger partial charge on any atom is 0.453 e. The number of ether oxygens (including phenoxy) is 1. The van der Waals surface area contributed by atoms with Gasteiger partial charge in [-0.1, -0.05) is 18.2 Å². The summed E-state index contributed by atoms with van der Waals surface area (Å²) in [4.78, 5) is 0. The molecule has 0 radical (unpaired) electrons. The fraction of sp³-hybridized carbons (Fsp3) is 0.250. The van der Waals surface area contributed by atoms with Crippen molar-refractivity contribution in [1.29, 1.82) is 0 Å². The van der Waals surface area contributed by atoms with E-state index in [1.807, 2.05) is 36.4 Å². The molecule has 0 aliphatic rings. The van der Waals surface area contributed by atoms with E-state index in [0.717, 1.165) is 32.2 Å². The van der Waals surface area contributed by atoms with Gasteiger partial charge in [-0.05, 0) is 53.9 Å². The minimum Gasteiger partial charge on any atom is -0.497 e. The van der Waals surface area contributed by atoms with Crippen molar-refractivity contribution in [1.82, 2.24) is 19.8 Å². The van der Waals surface area contributed by atoms with Gasteiger partial charge in [0.2, 0.25) is 0 Å². The van der Waals surface area contributed by atoms with Gasteiger partial charge in [0.25, 0.3) is 5.82 Å². The first-order chi connectivity index (χ1) is 13.8. The number of hydrogen-bond acceptors (Lipinski definition) is 5. The Morgan fingerprint density at radius 1 is 1.00 bits per heavy atom. The average Bonchev–Trinajstić information content (AvgIpc) is 3.13. The predicted molar refractivity (Wildman–Crippen MR) is 103 cm³/mol. The molecular formula is C20H18F3N5O. The topological polar surface area (TPSA) is 64.3 Å². The zero-order chi connectivity index (χ0) is 20.8. The number of anilines is 1. The van der Waals surface area contributed by atoms with Crippen molar-refractivity contribution >= 4 is 22.2 Å². The molecule has 1 N–H and O–H groups in total. The van der Waals surface area contributed by atoms with Crippen LogP contribution in [-0.2, 0) is 12.7 Å². The van der Waals surface area contributed by atoms with Crippen LogP contribution < -0.4 is 10.1 Å². The Morgan fingerprint density at radius 3 is 2.45 bits per heavy atom. The zero-order valence-electron chi connectivity index (χ0n) is 16.0. The Kier molecular flexibility index (Phi) is 4.52. The third-order valence-electron chi connectivity index (χ3n) is 4.92. The van der Waals surface area contributed by atoms with Gasteiger partial charge < -0.3 is 10.1 Å². The second-order valence-electron chi connectivity index (χ2n) is 6.76. The first-order valence-corrected chi connectivity index (χ1v) is 8.88. The van der Waals surface area contributed by atoms with Gasteiger partial charge in [-0.3, -0.25) is 0 Å². The third kappa shape index (κ3) is 3.43. The number of hydrogen-bond donors (Lipinski definition) is 1. The van der Waals surface area contributed by atoms with Crippen LogP contribution in [0.4, 0.5) is 19.0 Å². The summed E-state index contributed by atoms with van der Waals surface area (Å²) in [6, 6.07) is 11.7. The summed E-state index contributed by atoms with van der Waals surface area (Å²) < 4.78 is 45.5. The maximum absolute atomic E-state index is 13.2. The summed E-state index contributed by atoms with van der Waals surface area (Å²) in [6.45, 7) is 3.90. The molecule has 29 heavy (non-hydrogen) atoms. The number of halogens is 3. The number of fused-ring (bicyclic) bond motifs is 2. The lowest BCUT2D eigenvalue weighted by Gasteiger charge is -2.13. The van der Waals surface area contributed by atoms with Gasteiger partial charge in [-0.15, -0.1) is 15.3 Å². The first-order valence-electron chi connectivity index (χ1n) is 8.88. The van der Waals surface area contributed by atoms with Crippen molar-refractivity contribution in [2.45, 2.75) is 26.6 Å². The average molecular weight is 401 g/mol. The lowest BCUT2D eigenvalue weighted by molar-refractivity contribution is -0.146. The molecule has 4 rings (SSSR count). The molecule has 2 aromatic carbocycles. The number of aryl methyl sites for hydroxylation is 1. The number of benzene rings is 2. The van der Waals surface area contributed by atoms with E-state index in [1.165, 1.54) is 0 Å². The Bertz CT molecular complexity index is 1220. The van der Waals surface area contributed by atoms with Crippen LogP contribution in [0.15, 0.2) is 36.4 Å². The zero-order valence-corrected chi connectivity index (χ0v) is 16.0. The van der Waals surface area contributed by atoms with Crippen LogP contribution in [0.3, 0.4) is 0 Å². The SMILES string of the molecule is COc1ccc2cc(CNc3nn4c(C(F)(F)F)nnc4c(C)c3C)ccc2c1. The van der Waals surface area contributed by atoms with Crippen molar-refractivity contribution in [2.75, 3.05) is 12.4 Å². The van der Waals surface area contributed by atoms with Crippen molar-refractivity contribution in [2.24, 2.45) is 0 Å². The number of rotatable bonds is 4. The minimum atomic E-state index is -4.63. The van der Waals surface area contributed by atoms with Crippen LogP contribution in [0.2, 0.25) is 0 Å². The summed E-state index contributed by atoms with van der Waals surface area (Å²) >= 11 is 0. The minimum absolute atomic E-state index is 0.0972. The third-order valence-corrected chi connectivity index (χ3v) is 4.92. The molecule has 0 saturated heterocycles. The number of methoxy groups -OCH3 is 1. The van der Waals surface area contributed by atoms with Crippen LogP contribution in [0.1, 0.15) is 22.5 Å². The van der Waals surface area contributed by atoms with Crippen molar-refractivity contribution < 1.29 is 17.9 Å². The fourth-order valence-electron chi connectivity index (χ4n) is 3.17. The molecule has 150 valence electrons. The summed E-state index contributed by atoms with van der Waals surface area (Å²) in [7, 11) is 1.62. The Balaban J connectivity index is 1.65. The van der Waals surface area contributed by atoms with Gasteiger partial charge in [0.15, 0.2) is 11.5 Å². The van der Waals surface area contributed by atoms with Gasteiger partial charge in [0, 0.05) is 12.1 Å². The molecule has 0 saturated carbocycles. The van der Waals surface area contributed by atoms with Gasteiger partial charge in [-0.25, -0.2) is 0 Å². The largest absolute Gasteiger partial charge is 0.497 e. The fourth-order valence-corrected chi connectivity index (χ4v) is 3.17. The highest BCUT2D eigenvalue weighted by Crippen LogP contribution is 2.30. The number of nitrogens with one attached hydrogen (secondary N) is 1. The predicted octanol–water partition coefficient (Wildman–Crippen LogP) is 4.53. The molecule has 4 aromatic rings. The first kappa shape index (κ1) is 19.0. The highest BCUT2D eigenvalue weighted by molar-refractivity contribution is 5.84. The monoisotopic (exact) mass is 401 g/mol. The van der Waals surface area contributed by atoms with E-state index in [9.17, 15) is 13.2 Å². The summed E-state index contributed by atoms with van der Waals surface area (Å²) in [5, 5.41) is 16.2. The van der Waals surface area contributed by atoms with Crippen LogP contribution in [0.5, 0.6) is 5.75 Å². The molecule has 9 heteroatoms. The smallest absolute Gasteiger partial charge is 0.453 e. The van der Waals surface area contributed by atoms with Gasteiger partial charge in [0.05, 0.1) is 7.11 Å². The summed E-state index contributed by atoms with van der Waals surface area (Å²) in [5.74, 6) is -0.00480. The molecular weight excluding hydrogens is 383 g/mol. The molecule has 2 heterocycles.